The van der Waals surface area contributed by atoms with Crippen molar-refractivity contribution in [1.82, 2.24) is 0 Å². The van der Waals surface area contributed by atoms with Gasteiger partial charge in [0.15, 0.2) is 6.10 Å². The summed E-state index contributed by atoms with van der Waals surface area (Å²) in [7, 11) is -4.75. The molecule has 74 heavy (non-hydrogen) atoms. The predicted molar refractivity (Wildman–Crippen MR) is 307 cm³/mol. The Morgan fingerprint density at radius 3 is 1.14 bits per heavy atom. The van der Waals surface area contributed by atoms with Crippen LogP contribution in [0, 0.1) is 0 Å². The van der Waals surface area contributed by atoms with Crippen molar-refractivity contribution < 1.29 is 52.2 Å². The fourth-order valence-electron chi connectivity index (χ4n) is 8.59. The normalized spacial score (nSPS) is 13.6. The molecular weight excluding hydrogens is 952 g/mol. The minimum Gasteiger partial charge on any atom is -0.462 e. The quantitative estimate of drug-likeness (QED) is 0.0197. The van der Waals surface area contributed by atoms with Gasteiger partial charge in [-0.05, 0) is 70.6 Å². The molecule has 0 spiro atoms. The van der Waals surface area contributed by atoms with Gasteiger partial charge in [0.25, 0.3) is 0 Å². The summed E-state index contributed by atoms with van der Waals surface area (Å²) in [6, 6.07) is 0. The minimum absolute atomic E-state index is 0.167. The van der Waals surface area contributed by atoms with E-state index in [4.69, 9.17) is 23.3 Å². The maximum Gasteiger partial charge on any atom is 0.472 e. The monoisotopic (exact) mass is 1060 g/mol. The highest BCUT2D eigenvalue weighted by atomic mass is 31.2. The molecule has 0 heterocycles. The number of phosphoric acid groups is 1. The number of unbranched alkanes of at least 4 members (excludes halogenated alkanes) is 32. The topological polar surface area (TPSA) is 155 Å². The Hall–Kier alpha value is -2.56. The molecule has 0 aliphatic heterocycles. The van der Waals surface area contributed by atoms with Gasteiger partial charge in [0.05, 0.1) is 19.8 Å². The molecule has 0 aliphatic rings. The lowest BCUT2D eigenvalue weighted by Gasteiger charge is -2.21. The van der Waals surface area contributed by atoms with Gasteiger partial charge in [0.1, 0.15) is 12.7 Å². The number of ether oxygens (including phenoxy) is 3. The van der Waals surface area contributed by atoms with Crippen LogP contribution in [0.3, 0.4) is 0 Å². The Morgan fingerprint density at radius 2 is 0.716 bits per heavy atom. The fourth-order valence-corrected chi connectivity index (χ4v) is 9.37. The van der Waals surface area contributed by atoms with E-state index in [-0.39, 0.29) is 25.9 Å². The highest BCUT2D eigenvalue weighted by molar-refractivity contribution is 7.47. The zero-order chi connectivity index (χ0) is 54.1. The third-order valence-electron chi connectivity index (χ3n) is 13.2. The molecule has 0 aromatic carbocycles. The molecule has 0 saturated heterocycles. The number of carbonyl (C=O) groups is 3. The van der Waals surface area contributed by atoms with E-state index in [0.717, 1.165) is 109 Å². The standard InChI is InChI=1S/C62H113O11P/c1-4-7-10-13-16-19-22-24-26-28-29-31-33-35-38-41-44-47-50-53-62(66)73-59(55-69-60(64)51-48-45-42-39-36-21-18-15-12-9-6-3)57-71-74(67,68)70-56-58(54-63)72-61(65)52-49-46-43-40-37-34-32-30-27-25-23-20-17-14-11-8-5-2/h8,11,15,17-18,20,25,27,58-59,63H,4-7,9-10,12-14,16,19,21-24,26,28-57H2,1-3H3,(H,67,68)/b11-8-,18-15-,20-17-,27-25-. The number of hydrogen-bond donors (Lipinski definition) is 2. The van der Waals surface area contributed by atoms with Crippen molar-refractivity contribution in [1.29, 1.82) is 0 Å². The number of aliphatic hydroxyl groups excluding tert-OH is 1. The van der Waals surface area contributed by atoms with Crippen LogP contribution in [-0.4, -0.2) is 66.5 Å². The van der Waals surface area contributed by atoms with Gasteiger partial charge in [-0.3, -0.25) is 23.4 Å². The van der Waals surface area contributed by atoms with Crippen molar-refractivity contribution >= 4 is 25.7 Å². The number of phosphoric ester groups is 1. The molecule has 0 amide bonds. The molecule has 2 N–H and O–H groups in total. The molecule has 0 radical (unpaired) electrons. The van der Waals surface area contributed by atoms with Crippen LogP contribution in [0.5, 0.6) is 0 Å². The van der Waals surface area contributed by atoms with Gasteiger partial charge >= 0.3 is 25.7 Å². The summed E-state index contributed by atoms with van der Waals surface area (Å²) in [6.45, 7) is 4.52. The first-order chi connectivity index (χ1) is 36.2. The summed E-state index contributed by atoms with van der Waals surface area (Å²) in [4.78, 5) is 48.6. The summed E-state index contributed by atoms with van der Waals surface area (Å²) in [6.07, 6.45) is 60.7. The van der Waals surface area contributed by atoms with E-state index < -0.39 is 57.8 Å². The van der Waals surface area contributed by atoms with Crippen molar-refractivity contribution in [3.63, 3.8) is 0 Å². The Balaban J connectivity index is 4.62. The second-order valence-electron chi connectivity index (χ2n) is 20.5. The second-order valence-corrected chi connectivity index (χ2v) is 21.9. The molecule has 3 atom stereocenters. The zero-order valence-corrected chi connectivity index (χ0v) is 48.7. The molecule has 432 valence electrons. The van der Waals surface area contributed by atoms with E-state index in [9.17, 15) is 28.9 Å². The average Bonchev–Trinajstić information content (AvgIpc) is 3.39. The van der Waals surface area contributed by atoms with Gasteiger partial charge in [0.2, 0.25) is 0 Å². The number of rotatable bonds is 57. The summed E-state index contributed by atoms with van der Waals surface area (Å²) in [5, 5.41) is 9.83. The van der Waals surface area contributed by atoms with Crippen LogP contribution in [0.15, 0.2) is 48.6 Å². The van der Waals surface area contributed by atoms with Crippen LogP contribution in [0.4, 0.5) is 0 Å². The SMILES string of the molecule is CC/C=C\C/C=C\C/C=C\CCCCCCCCCC(=O)OC(CO)COP(=O)(O)OCC(COC(=O)CCCCCCC/C=C\CCCC)OC(=O)CCCCCCCCCCCCCCCCCCCCC. The Labute approximate surface area is 453 Å². The number of carbonyl (C=O) groups excluding carboxylic acids is 3. The van der Waals surface area contributed by atoms with Crippen molar-refractivity contribution in [2.45, 2.75) is 303 Å². The Morgan fingerprint density at radius 1 is 0.392 bits per heavy atom. The van der Waals surface area contributed by atoms with Crippen LogP contribution in [-0.2, 0) is 42.2 Å². The molecule has 0 aliphatic carbocycles. The third-order valence-corrected chi connectivity index (χ3v) is 14.2. The minimum atomic E-state index is -4.75. The van der Waals surface area contributed by atoms with Gasteiger partial charge in [0, 0.05) is 19.3 Å². The molecule has 0 rings (SSSR count). The van der Waals surface area contributed by atoms with E-state index in [0.29, 0.717) is 19.3 Å². The molecule has 0 aromatic rings. The predicted octanol–water partition coefficient (Wildman–Crippen LogP) is 18.1. The largest absolute Gasteiger partial charge is 0.472 e. The van der Waals surface area contributed by atoms with E-state index in [2.05, 4.69) is 69.4 Å². The molecule has 0 fully saturated rings. The lowest BCUT2D eigenvalue weighted by Crippen LogP contribution is -2.30. The zero-order valence-electron chi connectivity index (χ0n) is 47.8. The van der Waals surface area contributed by atoms with Crippen LogP contribution in [0.25, 0.3) is 0 Å². The van der Waals surface area contributed by atoms with Crippen molar-refractivity contribution in [3.8, 4) is 0 Å². The maximum atomic E-state index is 12.9. The molecule has 0 bridgehead atoms. The van der Waals surface area contributed by atoms with Gasteiger partial charge in [-0.2, -0.15) is 0 Å². The van der Waals surface area contributed by atoms with Crippen LogP contribution >= 0.6 is 7.82 Å². The van der Waals surface area contributed by atoms with E-state index in [1.54, 1.807) is 0 Å². The van der Waals surface area contributed by atoms with E-state index in [1.165, 1.54) is 122 Å². The fraction of sp³-hybridized carbons (Fsp3) is 0.823. The highest BCUT2D eigenvalue weighted by Gasteiger charge is 2.28. The maximum absolute atomic E-state index is 12.9. The second kappa shape index (κ2) is 56.6. The molecule has 0 saturated carbocycles. The lowest BCUT2D eigenvalue weighted by molar-refractivity contribution is -0.161. The first kappa shape index (κ1) is 71.4. The van der Waals surface area contributed by atoms with E-state index >= 15 is 0 Å². The molecular formula is C62H113O11P. The van der Waals surface area contributed by atoms with Gasteiger partial charge in [-0.25, -0.2) is 4.57 Å². The van der Waals surface area contributed by atoms with Gasteiger partial charge in [-0.1, -0.05) is 249 Å². The summed E-state index contributed by atoms with van der Waals surface area (Å²) in [5.41, 5.74) is 0. The number of hydrogen-bond acceptors (Lipinski definition) is 10. The van der Waals surface area contributed by atoms with Crippen LogP contribution in [0.2, 0.25) is 0 Å². The highest BCUT2D eigenvalue weighted by Crippen LogP contribution is 2.43. The number of esters is 3. The smallest absolute Gasteiger partial charge is 0.462 e. The molecule has 11 nitrogen and oxygen atoms in total. The molecule has 0 aromatic heterocycles. The van der Waals surface area contributed by atoms with Crippen molar-refractivity contribution in [3.05, 3.63) is 48.6 Å². The molecule has 12 heteroatoms. The third kappa shape index (κ3) is 54.2. The van der Waals surface area contributed by atoms with E-state index in [1.807, 2.05) is 0 Å². The summed E-state index contributed by atoms with van der Waals surface area (Å²) in [5.74, 6) is -1.47. The summed E-state index contributed by atoms with van der Waals surface area (Å²) >= 11 is 0. The Kier molecular flexibility index (Phi) is 54.7. The number of allylic oxidation sites excluding steroid dienone is 8. The Bertz CT molecular complexity index is 1430. The van der Waals surface area contributed by atoms with Crippen LogP contribution in [0.1, 0.15) is 290 Å². The van der Waals surface area contributed by atoms with Crippen LogP contribution < -0.4 is 0 Å². The van der Waals surface area contributed by atoms with Gasteiger partial charge in [-0.15, -0.1) is 0 Å². The first-order valence-electron chi connectivity index (χ1n) is 30.5. The molecule has 3 unspecified atom stereocenters. The number of aliphatic hydroxyl groups is 1. The lowest BCUT2D eigenvalue weighted by atomic mass is 10.0. The van der Waals surface area contributed by atoms with Crippen molar-refractivity contribution in [2.24, 2.45) is 0 Å². The average molecular weight is 1070 g/mol. The van der Waals surface area contributed by atoms with Gasteiger partial charge < -0.3 is 24.2 Å². The van der Waals surface area contributed by atoms with Crippen molar-refractivity contribution in [2.75, 3.05) is 26.4 Å². The summed E-state index contributed by atoms with van der Waals surface area (Å²) < 4.78 is 39.6. The first-order valence-corrected chi connectivity index (χ1v) is 32.0.